The van der Waals surface area contributed by atoms with Crippen molar-refractivity contribution in [1.29, 1.82) is 0 Å². The second-order valence-electron chi connectivity index (χ2n) is 5.07. The number of aromatic nitrogens is 2. The van der Waals surface area contributed by atoms with Gasteiger partial charge in [-0.2, -0.15) is 5.10 Å². The van der Waals surface area contributed by atoms with Crippen molar-refractivity contribution in [2.45, 2.75) is 32.6 Å². The van der Waals surface area contributed by atoms with Crippen molar-refractivity contribution >= 4 is 18.3 Å². The lowest BCUT2D eigenvalue weighted by molar-refractivity contribution is -0.120. The summed E-state index contributed by atoms with van der Waals surface area (Å²) in [5, 5.41) is 13.3. The van der Waals surface area contributed by atoms with Gasteiger partial charge in [-0.05, 0) is 51.3 Å². The zero-order valence-electron chi connectivity index (χ0n) is 11.4. The highest BCUT2D eigenvalue weighted by Gasteiger charge is 2.13. The third kappa shape index (κ3) is 5.61. The molecule has 1 saturated heterocycles. The maximum atomic E-state index is 11.7. The lowest BCUT2D eigenvalue weighted by atomic mass is 9.96. The number of carbonyl (C=O) groups is 1. The van der Waals surface area contributed by atoms with E-state index in [0.29, 0.717) is 12.3 Å². The predicted molar refractivity (Wildman–Crippen MR) is 77.5 cm³/mol. The predicted octanol–water partition coefficient (Wildman–Crippen LogP) is 1.19. The molecule has 1 atom stereocenters. The summed E-state index contributed by atoms with van der Waals surface area (Å²) in [5.41, 5.74) is 1.80. The van der Waals surface area contributed by atoms with Crippen LogP contribution in [0, 0.1) is 12.8 Å². The molecule has 0 aromatic carbocycles. The number of H-pyrrole nitrogens is 1. The fourth-order valence-electron chi connectivity index (χ4n) is 2.38. The van der Waals surface area contributed by atoms with E-state index in [1.807, 2.05) is 13.0 Å². The van der Waals surface area contributed by atoms with Gasteiger partial charge in [0.05, 0.1) is 12.1 Å². The number of carbonyl (C=O) groups excluding carboxylic acids is 1. The van der Waals surface area contributed by atoms with Gasteiger partial charge in [-0.1, -0.05) is 0 Å². The normalized spacial score (nSPS) is 18.7. The minimum atomic E-state index is 0. The fraction of sp³-hybridized carbons (Fsp3) is 0.692. The lowest BCUT2D eigenvalue weighted by Crippen LogP contribution is -2.33. The quantitative estimate of drug-likeness (QED) is 0.761. The molecule has 19 heavy (non-hydrogen) atoms. The molecule has 1 aliphatic heterocycles. The van der Waals surface area contributed by atoms with E-state index in [4.69, 9.17) is 0 Å². The second-order valence-corrected chi connectivity index (χ2v) is 5.07. The van der Waals surface area contributed by atoms with Crippen molar-refractivity contribution in [2.75, 3.05) is 19.6 Å². The molecule has 0 bridgehead atoms. The number of piperidine rings is 1. The summed E-state index contributed by atoms with van der Waals surface area (Å²) in [7, 11) is 0. The molecule has 0 aliphatic carbocycles. The molecule has 1 amide bonds. The Morgan fingerprint density at radius 3 is 3.05 bits per heavy atom. The number of aromatic amines is 1. The number of hydrogen-bond donors (Lipinski definition) is 3. The Hall–Kier alpha value is -1.07. The Bertz CT molecular complexity index is 388. The van der Waals surface area contributed by atoms with E-state index in [9.17, 15) is 4.79 Å². The van der Waals surface area contributed by atoms with Crippen LogP contribution in [0.5, 0.6) is 0 Å². The highest BCUT2D eigenvalue weighted by molar-refractivity contribution is 5.85. The summed E-state index contributed by atoms with van der Waals surface area (Å²) in [5.74, 6) is 0.775. The van der Waals surface area contributed by atoms with E-state index in [1.54, 1.807) is 0 Å². The average Bonchev–Trinajstić information content (AvgIpc) is 2.76. The number of hydrogen-bond acceptors (Lipinski definition) is 3. The maximum Gasteiger partial charge on any atom is 0.226 e. The number of aryl methyl sites for hydroxylation is 1. The molecule has 108 valence electrons. The molecule has 6 heteroatoms. The number of rotatable bonds is 5. The van der Waals surface area contributed by atoms with Gasteiger partial charge in [0.1, 0.15) is 0 Å². The Kier molecular flexibility index (Phi) is 6.87. The van der Waals surface area contributed by atoms with Gasteiger partial charge in [0.15, 0.2) is 0 Å². The summed E-state index contributed by atoms with van der Waals surface area (Å²) < 4.78 is 0. The smallest absolute Gasteiger partial charge is 0.226 e. The van der Waals surface area contributed by atoms with Gasteiger partial charge in [-0.25, -0.2) is 0 Å². The summed E-state index contributed by atoms with van der Waals surface area (Å²) >= 11 is 0. The van der Waals surface area contributed by atoms with Gasteiger partial charge in [0.2, 0.25) is 5.91 Å². The van der Waals surface area contributed by atoms with E-state index in [1.165, 1.54) is 12.8 Å². The molecular formula is C13H23ClN4O. The van der Waals surface area contributed by atoms with Gasteiger partial charge in [-0.3, -0.25) is 9.89 Å². The Morgan fingerprint density at radius 1 is 1.58 bits per heavy atom. The van der Waals surface area contributed by atoms with Crippen molar-refractivity contribution in [3.63, 3.8) is 0 Å². The first-order valence-electron chi connectivity index (χ1n) is 6.72. The molecule has 5 nitrogen and oxygen atoms in total. The van der Waals surface area contributed by atoms with Crippen LogP contribution in [0.15, 0.2) is 6.07 Å². The largest absolute Gasteiger partial charge is 0.356 e. The molecule has 0 saturated carbocycles. The first-order chi connectivity index (χ1) is 8.74. The SMILES string of the molecule is Cc1cc(CC(=O)NCCC2CCCNC2)n[nH]1.Cl. The molecule has 1 aromatic heterocycles. The summed E-state index contributed by atoms with van der Waals surface area (Å²) in [4.78, 5) is 11.7. The molecule has 0 spiro atoms. The minimum Gasteiger partial charge on any atom is -0.356 e. The van der Waals surface area contributed by atoms with Gasteiger partial charge in [0.25, 0.3) is 0 Å². The van der Waals surface area contributed by atoms with Gasteiger partial charge < -0.3 is 10.6 Å². The van der Waals surface area contributed by atoms with Gasteiger partial charge in [-0.15, -0.1) is 12.4 Å². The van der Waals surface area contributed by atoms with Crippen LogP contribution in [0.2, 0.25) is 0 Å². The van der Waals surface area contributed by atoms with Crippen LogP contribution < -0.4 is 10.6 Å². The first kappa shape index (κ1) is 16.0. The lowest BCUT2D eigenvalue weighted by Gasteiger charge is -2.22. The second kappa shape index (κ2) is 8.17. The molecule has 3 N–H and O–H groups in total. The summed E-state index contributed by atoms with van der Waals surface area (Å²) in [6.45, 7) is 4.94. The van der Waals surface area contributed by atoms with Crippen LogP contribution in [0.25, 0.3) is 0 Å². The van der Waals surface area contributed by atoms with Crippen molar-refractivity contribution in [3.05, 3.63) is 17.5 Å². The van der Waals surface area contributed by atoms with Gasteiger partial charge in [0, 0.05) is 12.2 Å². The molecule has 1 aromatic rings. The highest BCUT2D eigenvalue weighted by atomic mass is 35.5. The van der Waals surface area contributed by atoms with E-state index in [-0.39, 0.29) is 18.3 Å². The molecule has 0 radical (unpaired) electrons. The molecule has 1 unspecified atom stereocenters. The Balaban J connectivity index is 0.00000180. The molecular weight excluding hydrogens is 264 g/mol. The van der Waals surface area contributed by atoms with Crippen molar-refractivity contribution < 1.29 is 4.79 Å². The summed E-state index contributed by atoms with van der Waals surface area (Å²) in [6, 6.07) is 1.91. The topological polar surface area (TPSA) is 69.8 Å². The standard InChI is InChI=1S/C13H22N4O.ClH/c1-10-7-12(17-16-10)8-13(18)15-6-4-11-3-2-5-14-9-11;/h7,11,14H,2-6,8-9H2,1H3,(H,15,18)(H,16,17);1H. The Morgan fingerprint density at radius 2 is 2.42 bits per heavy atom. The van der Waals surface area contributed by atoms with Crippen molar-refractivity contribution in [2.24, 2.45) is 5.92 Å². The number of amides is 1. The molecule has 2 rings (SSSR count). The van der Waals surface area contributed by atoms with Gasteiger partial charge >= 0.3 is 0 Å². The molecule has 2 heterocycles. The van der Waals surface area contributed by atoms with Crippen LogP contribution in [0.4, 0.5) is 0 Å². The third-order valence-corrected chi connectivity index (χ3v) is 3.37. The summed E-state index contributed by atoms with van der Waals surface area (Å²) in [6.07, 6.45) is 3.97. The van der Waals surface area contributed by atoms with Crippen molar-refractivity contribution in [1.82, 2.24) is 20.8 Å². The number of nitrogens with zero attached hydrogens (tertiary/aromatic N) is 1. The van der Waals surface area contributed by atoms with E-state index in [0.717, 1.165) is 37.4 Å². The van der Waals surface area contributed by atoms with Crippen LogP contribution in [0.1, 0.15) is 30.7 Å². The van der Waals surface area contributed by atoms with Crippen LogP contribution >= 0.6 is 12.4 Å². The third-order valence-electron chi connectivity index (χ3n) is 3.37. The van der Waals surface area contributed by atoms with E-state index < -0.39 is 0 Å². The monoisotopic (exact) mass is 286 g/mol. The Labute approximate surface area is 120 Å². The number of halogens is 1. The van der Waals surface area contributed by atoms with Crippen LogP contribution in [-0.4, -0.2) is 35.7 Å². The van der Waals surface area contributed by atoms with Crippen molar-refractivity contribution in [3.8, 4) is 0 Å². The number of nitrogens with one attached hydrogen (secondary N) is 3. The van der Waals surface area contributed by atoms with Crippen LogP contribution in [-0.2, 0) is 11.2 Å². The zero-order valence-corrected chi connectivity index (χ0v) is 12.2. The average molecular weight is 287 g/mol. The fourth-order valence-corrected chi connectivity index (χ4v) is 2.38. The zero-order chi connectivity index (χ0) is 12.8. The van der Waals surface area contributed by atoms with E-state index >= 15 is 0 Å². The minimum absolute atomic E-state index is 0. The molecule has 1 fully saturated rings. The highest BCUT2D eigenvalue weighted by Crippen LogP contribution is 2.12. The van der Waals surface area contributed by atoms with Crippen LogP contribution in [0.3, 0.4) is 0 Å². The first-order valence-corrected chi connectivity index (χ1v) is 6.72. The maximum absolute atomic E-state index is 11.7. The van der Waals surface area contributed by atoms with E-state index in [2.05, 4.69) is 20.8 Å². The molecule has 1 aliphatic rings.